The minimum Gasteiger partial charge on any atom is -0.468 e. The van der Waals surface area contributed by atoms with E-state index in [1.54, 1.807) is 18.4 Å². The Morgan fingerprint density at radius 2 is 2.04 bits per heavy atom. The molecule has 1 N–H and O–H groups in total. The van der Waals surface area contributed by atoms with Crippen molar-refractivity contribution < 1.29 is 13.6 Å². The molecule has 6 heteroatoms. The maximum Gasteiger partial charge on any atom is 0.254 e. The summed E-state index contributed by atoms with van der Waals surface area (Å²) in [5.41, 5.74) is 0.0693. The average Bonchev–Trinajstić information content (AvgIpc) is 3.10. The third kappa shape index (κ3) is 3.95. The van der Waals surface area contributed by atoms with Gasteiger partial charge in [-0.25, -0.2) is 4.39 Å². The topological polar surface area (TPSA) is 45.5 Å². The summed E-state index contributed by atoms with van der Waals surface area (Å²) >= 11 is 1.93. The zero-order chi connectivity index (χ0) is 16.1. The molecule has 1 aliphatic heterocycles. The Labute approximate surface area is 139 Å². The molecule has 0 radical (unpaired) electrons. The summed E-state index contributed by atoms with van der Waals surface area (Å²) in [5.74, 6) is 2.06. The maximum atomic E-state index is 13.7. The van der Waals surface area contributed by atoms with Crippen molar-refractivity contribution in [3.63, 3.8) is 0 Å². The van der Waals surface area contributed by atoms with Gasteiger partial charge in [0, 0.05) is 31.1 Å². The minimum absolute atomic E-state index is 0.0263. The summed E-state index contributed by atoms with van der Waals surface area (Å²) in [6.07, 6.45) is 1.64. The molecule has 1 aliphatic rings. The highest BCUT2D eigenvalue weighted by atomic mass is 32.2. The molecule has 1 aromatic heterocycles. The van der Waals surface area contributed by atoms with Crippen LogP contribution in [-0.2, 0) is 0 Å². The van der Waals surface area contributed by atoms with Crippen LogP contribution in [0.4, 0.5) is 4.39 Å². The van der Waals surface area contributed by atoms with Crippen LogP contribution in [0.1, 0.15) is 22.2 Å². The maximum absolute atomic E-state index is 13.7. The number of thioether (sulfide) groups is 1. The van der Waals surface area contributed by atoms with E-state index < -0.39 is 11.7 Å². The molecule has 23 heavy (non-hydrogen) atoms. The Hall–Kier alpha value is -1.79. The molecule has 2 aromatic rings. The van der Waals surface area contributed by atoms with Gasteiger partial charge >= 0.3 is 0 Å². The number of rotatable bonds is 5. The van der Waals surface area contributed by atoms with Crippen molar-refractivity contribution in [2.24, 2.45) is 0 Å². The van der Waals surface area contributed by atoms with E-state index in [2.05, 4.69) is 10.2 Å². The second-order valence-corrected chi connectivity index (χ2v) is 6.59. The predicted molar refractivity (Wildman–Crippen MR) is 89.1 cm³/mol. The molecule has 1 atom stereocenters. The molecule has 0 aliphatic carbocycles. The Kier molecular flexibility index (Phi) is 5.35. The smallest absolute Gasteiger partial charge is 0.254 e. The fourth-order valence-corrected chi connectivity index (χ4v) is 3.64. The molecule has 0 saturated carbocycles. The van der Waals surface area contributed by atoms with Gasteiger partial charge in [0.1, 0.15) is 11.6 Å². The SMILES string of the molecule is O=C(NC[C@@H](c1ccco1)N1CCSCC1)c1ccccc1F. The quantitative estimate of drug-likeness (QED) is 0.913. The van der Waals surface area contributed by atoms with Crippen LogP contribution in [0.5, 0.6) is 0 Å². The van der Waals surface area contributed by atoms with E-state index in [0.717, 1.165) is 30.4 Å². The third-order valence-electron chi connectivity index (χ3n) is 3.93. The van der Waals surface area contributed by atoms with Crippen molar-refractivity contribution in [1.29, 1.82) is 0 Å². The summed E-state index contributed by atoms with van der Waals surface area (Å²) < 4.78 is 19.2. The molecule has 0 bridgehead atoms. The Morgan fingerprint density at radius 1 is 1.26 bits per heavy atom. The zero-order valence-electron chi connectivity index (χ0n) is 12.7. The number of carbonyl (C=O) groups excluding carboxylic acids is 1. The van der Waals surface area contributed by atoms with Crippen LogP contribution in [0.3, 0.4) is 0 Å². The molecule has 3 rings (SSSR count). The number of nitrogens with one attached hydrogen (secondary N) is 1. The van der Waals surface area contributed by atoms with Gasteiger partial charge in [0.15, 0.2) is 0 Å². The molecule has 0 unspecified atom stereocenters. The first kappa shape index (κ1) is 16.1. The van der Waals surface area contributed by atoms with Gasteiger partial charge in [-0.3, -0.25) is 9.69 Å². The van der Waals surface area contributed by atoms with Gasteiger partial charge in [-0.05, 0) is 24.3 Å². The molecule has 122 valence electrons. The molecule has 1 fully saturated rings. The molecule has 1 aromatic carbocycles. The van der Waals surface area contributed by atoms with Crippen molar-refractivity contribution in [3.05, 3.63) is 59.8 Å². The summed E-state index contributed by atoms with van der Waals surface area (Å²) in [7, 11) is 0. The third-order valence-corrected chi connectivity index (χ3v) is 4.88. The number of hydrogen-bond acceptors (Lipinski definition) is 4. The van der Waals surface area contributed by atoms with Gasteiger partial charge < -0.3 is 9.73 Å². The number of amides is 1. The second kappa shape index (κ2) is 7.66. The normalized spacial score (nSPS) is 16.9. The summed E-state index contributed by atoms with van der Waals surface area (Å²) in [4.78, 5) is 14.5. The standard InChI is InChI=1S/C17H19FN2O2S/c18-14-5-2-1-4-13(14)17(21)19-12-15(16-6-3-9-22-16)20-7-10-23-11-8-20/h1-6,9,15H,7-8,10-12H2,(H,19,21)/t15-/m0/s1. The number of halogens is 1. The molecule has 4 nitrogen and oxygen atoms in total. The fourth-order valence-electron chi connectivity index (χ4n) is 2.71. The number of furan rings is 1. The number of benzene rings is 1. The second-order valence-electron chi connectivity index (χ2n) is 5.37. The van der Waals surface area contributed by atoms with Gasteiger partial charge in [-0.1, -0.05) is 12.1 Å². The number of nitrogens with zero attached hydrogens (tertiary/aromatic N) is 1. The van der Waals surface area contributed by atoms with E-state index in [0.29, 0.717) is 6.54 Å². The van der Waals surface area contributed by atoms with E-state index in [-0.39, 0.29) is 11.6 Å². The van der Waals surface area contributed by atoms with E-state index >= 15 is 0 Å². The highest BCUT2D eigenvalue weighted by Gasteiger charge is 2.25. The van der Waals surface area contributed by atoms with Crippen molar-refractivity contribution >= 4 is 17.7 Å². The van der Waals surface area contributed by atoms with Crippen LogP contribution in [0.15, 0.2) is 47.1 Å². The van der Waals surface area contributed by atoms with Crippen molar-refractivity contribution in [1.82, 2.24) is 10.2 Å². The van der Waals surface area contributed by atoms with Crippen LogP contribution in [0.25, 0.3) is 0 Å². The summed E-state index contributed by atoms with van der Waals surface area (Å²) in [6.45, 7) is 2.29. The van der Waals surface area contributed by atoms with Crippen molar-refractivity contribution in [3.8, 4) is 0 Å². The Bertz CT molecular complexity index is 642. The van der Waals surface area contributed by atoms with Crippen LogP contribution in [0, 0.1) is 5.82 Å². The lowest BCUT2D eigenvalue weighted by Crippen LogP contribution is -2.42. The molecule has 1 amide bonds. The molecule has 0 spiro atoms. The average molecular weight is 334 g/mol. The lowest BCUT2D eigenvalue weighted by atomic mass is 10.1. The molecular formula is C17H19FN2O2S. The van der Waals surface area contributed by atoms with Gasteiger partial charge in [0.2, 0.25) is 0 Å². The van der Waals surface area contributed by atoms with Gasteiger partial charge in [0.25, 0.3) is 5.91 Å². The first-order valence-corrected chi connectivity index (χ1v) is 8.79. The van der Waals surface area contributed by atoms with E-state index in [1.807, 2.05) is 23.9 Å². The van der Waals surface area contributed by atoms with E-state index in [1.165, 1.54) is 12.1 Å². The summed E-state index contributed by atoms with van der Waals surface area (Å²) in [5, 5.41) is 2.84. The monoisotopic (exact) mass is 334 g/mol. The van der Waals surface area contributed by atoms with Crippen LogP contribution < -0.4 is 5.32 Å². The number of carbonyl (C=O) groups is 1. The lowest BCUT2D eigenvalue weighted by molar-refractivity contribution is 0.0925. The minimum atomic E-state index is -0.506. The molecular weight excluding hydrogens is 315 g/mol. The van der Waals surface area contributed by atoms with Gasteiger partial charge in [0.05, 0.1) is 17.9 Å². The van der Waals surface area contributed by atoms with E-state index in [9.17, 15) is 9.18 Å². The molecule has 1 saturated heterocycles. The van der Waals surface area contributed by atoms with Crippen LogP contribution in [-0.4, -0.2) is 41.9 Å². The van der Waals surface area contributed by atoms with Crippen molar-refractivity contribution in [2.45, 2.75) is 6.04 Å². The Morgan fingerprint density at radius 3 is 2.74 bits per heavy atom. The first-order chi connectivity index (χ1) is 11.3. The highest BCUT2D eigenvalue weighted by Crippen LogP contribution is 2.24. The van der Waals surface area contributed by atoms with Gasteiger partial charge in [-0.2, -0.15) is 11.8 Å². The predicted octanol–water partition coefficient (Wildman–Crippen LogP) is 2.94. The van der Waals surface area contributed by atoms with E-state index in [4.69, 9.17) is 4.42 Å². The fraction of sp³-hybridized carbons (Fsp3) is 0.353. The van der Waals surface area contributed by atoms with Crippen LogP contribution in [0.2, 0.25) is 0 Å². The zero-order valence-corrected chi connectivity index (χ0v) is 13.5. The molecule has 2 heterocycles. The lowest BCUT2D eigenvalue weighted by Gasteiger charge is -2.33. The number of hydrogen-bond donors (Lipinski definition) is 1. The Balaban J connectivity index is 1.69. The largest absolute Gasteiger partial charge is 0.468 e. The first-order valence-electron chi connectivity index (χ1n) is 7.63. The highest BCUT2D eigenvalue weighted by molar-refractivity contribution is 7.99. The summed E-state index contributed by atoms with van der Waals surface area (Å²) in [6, 6.07) is 9.75. The van der Waals surface area contributed by atoms with Crippen molar-refractivity contribution in [2.75, 3.05) is 31.1 Å². The van der Waals surface area contributed by atoms with Crippen LogP contribution >= 0.6 is 11.8 Å². The van der Waals surface area contributed by atoms with Gasteiger partial charge in [-0.15, -0.1) is 0 Å².